The molecule has 0 saturated heterocycles. The van der Waals surface area contributed by atoms with Crippen LogP contribution in [0.1, 0.15) is 30.1 Å². The Morgan fingerprint density at radius 3 is 2.59 bits per heavy atom. The van der Waals surface area contributed by atoms with Crippen molar-refractivity contribution in [3.63, 3.8) is 0 Å². The maximum Gasteiger partial charge on any atom is 0.412 e. The van der Waals surface area contributed by atoms with Crippen LogP contribution in [0.2, 0.25) is 0 Å². The molecule has 0 aliphatic heterocycles. The van der Waals surface area contributed by atoms with E-state index in [0.717, 1.165) is 3.57 Å². The van der Waals surface area contributed by atoms with Crippen LogP contribution in [-0.4, -0.2) is 35.5 Å². The number of hydrogen-bond acceptors (Lipinski definition) is 7. The molecule has 0 bridgehead atoms. The van der Waals surface area contributed by atoms with Crippen LogP contribution < -0.4 is 10.8 Å². The number of phenolic OH excluding ortho intramolecular Hbond substituents is 1. The first-order valence-electron chi connectivity index (χ1n) is 9.47. The molecule has 0 aliphatic rings. The Kier molecular flexibility index (Phi) is 9.93. The third kappa shape index (κ3) is 7.52. The second-order valence-electron chi connectivity index (χ2n) is 6.57. The Balaban J connectivity index is 2.21. The molecule has 0 saturated carbocycles. The van der Waals surface area contributed by atoms with Crippen LogP contribution in [0.4, 0.5) is 10.5 Å². The molecule has 0 heterocycles. The third-order valence-electron chi connectivity index (χ3n) is 4.43. The van der Waals surface area contributed by atoms with Gasteiger partial charge in [0.2, 0.25) is 0 Å². The number of carbonyl (C=O) groups is 2. The molecule has 0 spiro atoms. The summed E-state index contributed by atoms with van der Waals surface area (Å²) < 4.78 is 12.0. The molecule has 32 heavy (non-hydrogen) atoms. The van der Waals surface area contributed by atoms with E-state index in [2.05, 4.69) is 27.9 Å². The minimum atomic E-state index is -0.951. The van der Waals surface area contributed by atoms with E-state index >= 15 is 0 Å². The van der Waals surface area contributed by atoms with Crippen molar-refractivity contribution in [3.05, 3.63) is 69.3 Å². The van der Waals surface area contributed by atoms with Crippen LogP contribution >= 0.6 is 22.6 Å². The van der Waals surface area contributed by atoms with Gasteiger partial charge in [0.1, 0.15) is 5.75 Å². The summed E-state index contributed by atoms with van der Waals surface area (Å²) in [5.74, 6) is -0.720. The zero-order valence-corrected chi connectivity index (χ0v) is 19.3. The number of amides is 2. The van der Waals surface area contributed by atoms with Crippen molar-refractivity contribution in [2.75, 3.05) is 12.4 Å². The molecule has 4 N–H and O–H groups in total. The summed E-state index contributed by atoms with van der Waals surface area (Å²) in [6, 6.07) is 13.2. The van der Waals surface area contributed by atoms with Gasteiger partial charge in [0.25, 0.3) is 5.91 Å². The largest absolute Gasteiger partial charge is 0.508 e. The quantitative estimate of drug-likeness (QED) is 0.160. The van der Waals surface area contributed by atoms with Gasteiger partial charge >= 0.3 is 6.09 Å². The summed E-state index contributed by atoms with van der Waals surface area (Å²) in [7, 11) is 1.45. The number of phenols is 1. The lowest BCUT2D eigenvalue weighted by Crippen LogP contribution is -2.28. The fourth-order valence-corrected chi connectivity index (χ4v) is 3.38. The van der Waals surface area contributed by atoms with Crippen molar-refractivity contribution in [1.29, 1.82) is 5.26 Å². The molecule has 0 radical (unpaired) electrons. The summed E-state index contributed by atoms with van der Waals surface area (Å²) in [6.45, 7) is 0. The topological polar surface area (TPSA) is 141 Å². The second-order valence-corrected chi connectivity index (χ2v) is 7.82. The predicted octanol–water partition coefficient (Wildman–Crippen LogP) is 4.02. The second kappa shape index (κ2) is 12.7. The molecular formula is C22H22IN3O6. The molecular weight excluding hydrogens is 529 g/mol. The fraction of sp³-hybridized carbons (Fsp3) is 0.227. The van der Waals surface area contributed by atoms with Crippen LogP contribution in [0.15, 0.2) is 54.6 Å². The van der Waals surface area contributed by atoms with Gasteiger partial charge in [-0.1, -0.05) is 6.08 Å². The van der Waals surface area contributed by atoms with Crippen molar-refractivity contribution >= 4 is 40.3 Å². The van der Waals surface area contributed by atoms with Gasteiger partial charge in [0, 0.05) is 28.0 Å². The molecule has 9 nitrogen and oxygen atoms in total. The normalized spacial score (nSPS) is 12.6. The standard InChI is InChI=1S/C22H22IN3O6/c1-31-19(4-2-3-5-20(28)26-30)21(17-12-15(23)8-11-18(17)27)32-22(29)25-16-9-6-14(13-24)7-10-16/h3,5-12,19,21,27,30H,2,4H2,1H3,(H,25,29)(H,26,28)/b5-3+/t19-,21-/m0/s1. The zero-order chi connectivity index (χ0) is 23.5. The molecule has 0 fully saturated rings. The molecule has 2 amide bonds. The first kappa shape index (κ1) is 25.1. The Morgan fingerprint density at radius 2 is 1.97 bits per heavy atom. The minimum Gasteiger partial charge on any atom is -0.508 e. The molecule has 0 unspecified atom stereocenters. The van der Waals surface area contributed by atoms with Gasteiger partial charge in [-0.05, 0) is 77.9 Å². The van der Waals surface area contributed by atoms with Crippen molar-refractivity contribution in [3.8, 4) is 11.8 Å². The van der Waals surface area contributed by atoms with E-state index in [1.54, 1.807) is 42.5 Å². The molecule has 168 valence electrons. The SMILES string of the molecule is CO[C@@H](CC/C=C/C(=O)NO)[C@@H](OC(=O)Nc1ccc(C#N)cc1)c1cc(I)ccc1O. The highest BCUT2D eigenvalue weighted by molar-refractivity contribution is 14.1. The smallest absolute Gasteiger partial charge is 0.412 e. The summed E-state index contributed by atoms with van der Waals surface area (Å²) in [6.07, 6.45) is 1.08. The molecule has 10 heteroatoms. The van der Waals surface area contributed by atoms with Crippen molar-refractivity contribution in [2.45, 2.75) is 25.0 Å². The maximum atomic E-state index is 12.6. The van der Waals surface area contributed by atoms with E-state index in [0.29, 0.717) is 29.7 Å². The Hall–Kier alpha value is -3.14. The molecule has 2 rings (SSSR count). The van der Waals surface area contributed by atoms with Gasteiger partial charge in [-0.3, -0.25) is 15.3 Å². The average molecular weight is 551 g/mol. The number of hydroxylamine groups is 1. The van der Waals surface area contributed by atoms with Crippen LogP contribution in [0.25, 0.3) is 0 Å². The number of aromatic hydroxyl groups is 1. The van der Waals surface area contributed by atoms with Gasteiger partial charge in [0.15, 0.2) is 6.10 Å². The van der Waals surface area contributed by atoms with E-state index in [1.807, 2.05) is 6.07 Å². The summed E-state index contributed by atoms with van der Waals surface area (Å²) in [4.78, 5) is 23.7. The molecule has 2 aromatic rings. The summed E-state index contributed by atoms with van der Waals surface area (Å²) >= 11 is 2.08. The lowest BCUT2D eigenvalue weighted by molar-refractivity contribution is -0.124. The monoisotopic (exact) mass is 551 g/mol. The van der Waals surface area contributed by atoms with E-state index in [9.17, 15) is 14.7 Å². The van der Waals surface area contributed by atoms with Crippen molar-refractivity contribution in [2.24, 2.45) is 0 Å². The van der Waals surface area contributed by atoms with E-state index in [-0.39, 0.29) is 5.75 Å². The van der Waals surface area contributed by atoms with Gasteiger partial charge in [-0.25, -0.2) is 10.3 Å². The van der Waals surface area contributed by atoms with Gasteiger partial charge in [-0.15, -0.1) is 0 Å². The number of ether oxygens (including phenoxy) is 2. The van der Waals surface area contributed by atoms with Gasteiger partial charge in [-0.2, -0.15) is 5.26 Å². The van der Waals surface area contributed by atoms with Crippen LogP contribution in [0.3, 0.4) is 0 Å². The van der Waals surface area contributed by atoms with E-state index < -0.39 is 24.2 Å². The number of anilines is 1. The number of halogens is 1. The van der Waals surface area contributed by atoms with Crippen LogP contribution in [0, 0.1) is 14.9 Å². The lowest BCUT2D eigenvalue weighted by Gasteiger charge is -2.27. The van der Waals surface area contributed by atoms with Crippen molar-refractivity contribution < 1.29 is 29.4 Å². The number of nitrogens with zero attached hydrogens (tertiary/aromatic N) is 1. The Labute approximate surface area is 198 Å². The maximum absolute atomic E-state index is 12.6. The molecule has 0 aliphatic carbocycles. The average Bonchev–Trinajstić information content (AvgIpc) is 2.80. The van der Waals surface area contributed by atoms with Crippen LogP contribution in [-0.2, 0) is 14.3 Å². The fourth-order valence-electron chi connectivity index (χ4n) is 2.86. The molecule has 2 aromatic carbocycles. The number of nitriles is 1. The summed E-state index contributed by atoms with van der Waals surface area (Å²) in [5.41, 5.74) is 2.76. The number of hydrogen-bond donors (Lipinski definition) is 4. The van der Waals surface area contributed by atoms with Crippen LogP contribution in [0.5, 0.6) is 5.75 Å². The highest BCUT2D eigenvalue weighted by Gasteiger charge is 2.29. The first-order chi connectivity index (χ1) is 15.4. The predicted molar refractivity (Wildman–Crippen MR) is 124 cm³/mol. The Bertz CT molecular complexity index is 1000. The number of methoxy groups -OCH3 is 1. The van der Waals surface area contributed by atoms with E-state index in [1.165, 1.54) is 24.7 Å². The Morgan fingerprint density at radius 1 is 1.25 bits per heavy atom. The number of benzene rings is 2. The van der Waals surface area contributed by atoms with E-state index in [4.69, 9.17) is 19.9 Å². The number of nitrogens with one attached hydrogen (secondary N) is 2. The molecule has 0 aromatic heterocycles. The number of allylic oxidation sites excluding steroid dienone is 1. The number of rotatable bonds is 9. The van der Waals surface area contributed by atoms with Gasteiger partial charge in [0.05, 0.1) is 17.7 Å². The lowest BCUT2D eigenvalue weighted by atomic mass is 9.99. The zero-order valence-electron chi connectivity index (χ0n) is 17.1. The summed E-state index contributed by atoms with van der Waals surface area (Å²) in [5, 5.41) is 30.4. The highest BCUT2D eigenvalue weighted by atomic mass is 127. The van der Waals surface area contributed by atoms with Gasteiger partial charge < -0.3 is 14.6 Å². The third-order valence-corrected chi connectivity index (χ3v) is 5.10. The first-order valence-corrected chi connectivity index (χ1v) is 10.6. The minimum absolute atomic E-state index is 0.0566. The molecule has 2 atom stereocenters. The van der Waals surface area contributed by atoms with Crippen molar-refractivity contribution in [1.82, 2.24) is 5.48 Å². The number of carbonyl (C=O) groups excluding carboxylic acids is 2. The highest BCUT2D eigenvalue weighted by Crippen LogP contribution is 2.34.